The van der Waals surface area contributed by atoms with Crippen molar-refractivity contribution in [3.05, 3.63) is 40.9 Å². The van der Waals surface area contributed by atoms with E-state index in [2.05, 4.69) is 27.2 Å². The second kappa shape index (κ2) is 7.04. The average Bonchev–Trinajstić information content (AvgIpc) is 2.28. The number of nitrogens with one attached hydrogen (secondary N) is 1. The minimum Gasteiger partial charge on any atom is -0.376 e. The van der Waals surface area contributed by atoms with Crippen LogP contribution in [0.4, 0.5) is 0 Å². The standard InChI is InChI=1S/C12H16BrNO3S/c1-10(2)9-17-7-6-14-18(15,16)12-5-3-4-11(13)8-12/h3-5,8,14H,1,6-7,9H2,2H3. The van der Waals surface area contributed by atoms with E-state index in [1.165, 1.54) is 0 Å². The molecule has 0 saturated carbocycles. The minimum atomic E-state index is -3.47. The largest absolute Gasteiger partial charge is 0.376 e. The Hall–Kier alpha value is -0.690. The Morgan fingerprint density at radius 3 is 2.83 bits per heavy atom. The van der Waals surface area contributed by atoms with Crippen molar-refractivity contribution in [2.24, 2.45) is 0 Å². The second-order valence-electron chi connectivity index (χ2n) is 3.86. The summed E-state index contributed by atoms with van der Waals surface area (Å²) in [6, 6.07) is 6.55. The summed E-state index contributed by atoms with van der Waals surface area (Å²) in [6.45, 7) is 6.54. The molecule has 0 aromatic heterocycles. The summed E-state index contributed by atoms with van der Waals surface area (Å²) in [4.78, 5) is 0.233. The van der Waals surface area contributed by atoms with Gasteiger partial charge in [-0.1, -0.05) is 34.1 Å². The quantitative estimate of drug-likeness (QED) is 0.615. The molecule has 6 heteroatoms. The van der Waals surface area contributed by atoms with Crippen LogP contribution in [0.2, 0.25) is 0 Å². The summed E-state index contributed by atoms with van der Waals surface area (Å²) >= 11 is 3.24. The Bertz CT molecular complexity index is 514. The van der Waals surface area contributed by atoms with Gasteiger partial charge in [-0.15, -0.1) is 0 Å². The van der Waals surface area contributed by atoms with Crippen molar-refractivity contribution in [3.63, 3.8) is 0 Å². The summed E-state index contributed by atoms with van der Waals surface area (Å²) in [7, 11) is -3.47. The van der Waals surface area contributed by atoms with Crippen molar-refractivity contribution in [1.29, 1.82) is 0 Å². The Labute approximate surface area is 116 Å². The molecule has 0 saturated heterocycles. The van der Waals surface area contributed by atoms with Gasteiger partial charge in [-0.05, 0) is 25.1 Å². The first-order valence-corrected chi connectivity index (χ1v) is 7.67. The van der Waals surface area contributed by atoms with E-state index in [-0.39, 0.29) is 11.4 Å². The molecule has 1 aromatic carbocycles. The SMILES string of the molecule is C=C(C)COCCNS(=O)(=O)c1cccc(Br)c1. The molecule has 0 aliphatic heterocycles. The maximum absolute atomic E-state index is 11.9. The third-order valence-electron chi connectivity index (χ3n) is 1.99. The predicted molar refractivity (Wildman–Crippen MR) is 75.0 cm³/mol. The Balaban J connectivity index is 2.48. The maximum Gasteiger partial charge on any atom is 0.240 e. The molecule has 0 amide bonds. The van der Waals surface area contributed by atoms with Crippen LogP contribution in [0.25, 0.3) is 0 Å². The Morgan fingerprint density at radius 2 is 2.22 bits per heavy atom. The van der Waals surface area contributed by atoms with Crippen LogP contribution in [-0.2, 0) is 14.8 Å². The van der Waals surface area contributed by atoms with E-state index in [9.17, 15) is 8.42 Å². The van der Waals surface area contributed by atoms with E-state index >= 15 is 0 Å². The van der Waals surface area contributed by atoms with Crippen molar-refractivity contribution in [2.75, 3.05) is 19.8 Å². The number of rotatable bonds is 7. The molecule has 0 bridgehead atoms. The highest BCUT2D eigenvalue weighted by molar-refractivity contribution is 9.10. The number of halogens is 1. The fraction of sp³-hybridized carbons (Fsp3) is 0.333. The van der Waals surface area contributed by atoms with Gasteiger partial charge in [0.05, 0.1) is 18.1 Å². The molecule has 0 unspecified atom stereocenters. The zero-order valence-corrected chi connectivity index (χ0v) is 12.6. The molecule has 1 rings (SSSR count). The highest BCUT2D eigenvalue weighted by Crippen LogP contribution is 2.15. The lowest BCUT2D eigenvalue weighted by atomic mass is 10.4. The summed E-state index contributed by atoms with van der Waals surface area (Å²) < 4.78 is 32.2. The van der Waals surface area contributed by atoms with Crippen LogP contribution in [0, 0.1) is 0 Å². The van der Waals surface area contributed by atoms with Crippen molar-refractivity contribution in [2.45, 2.75) is 11.8 Å². The van der Waals surface area contributed by atoms with Crippen LogP contribution < -0.4 is 4.72 Å². The van der Waals surface area contributed by atoms with Crippen LogP contribution in [-0.4, -0.2) is 28.2 Å². The molecule has 18 heavy (non-hydrogen) atoms. The van der Waals surface area contributed by atoms with E-state index in [1.807, 2.05) is 6.92 Å². The summed E-state index contributed by atoms with van der Waals surface area (Å²) in [5.74, 6) is 0. The van der Waals surface area contributed by atoms with Gasteiger partial charge in [-0.3, -0.25) is 0 Å². The van der Waals surface area contributed by atoms with Gasteiger partial charge in [0, 0.05) is 11.0 Å². The molecule has 0 fully saturated rings. The van der Waals surface area contributed by atoms with Gasteiger partial charge < -0.3 is 4.74 Å². The zero-order chi connectivity index (χ0) is 13.6. The minimum absolute atomic E-state index is 0.233. The highest BCUT2D eigenvalue weighted by atomic mass is 79.9. The number of ether oxygens (including phenoxy) is 1. The van der Waals surface area contributed by atoms with Crippen molar-refractivity contribution < 1.29 is 13.2 Å². The molecule has 0 aliphatic carbocycles. The average molecular weight is 334 g/mol. The molecule has 4 nitrogen and oxygen atoms in total. The van der Waals surface area contributed by atoms with Crippen molar-refractivity contribution >= 4 is 26.0 Å². The monoisotopic (exact) mass is 333 g/mol. The second-order valence-corrected chi connectivity index (χ2v) is 6.55. The predicted octanol–water partition coefficient (Wildman–Crippen LogP) is 2.32. The zero-order valence-electron chi connectivity index (χ0n) is 10.1. The van der Waals surface area contributed by atoms with Crippen LogP contribution >= 0.6 is 15.9 Å². The van der Waals surface area contributed by atoms with E-state index in [1.54, 1.807) is 24.3 Å². The first-order chi connectivity index (χ1) is 8.42. The third-order valence-corrected chi connectivity index (χ3v) is 3.95. The molecule has 0 atom stereocenters. The molecule has 0 aliphatic rings. The molecule has 1 N–H and O–H groups in total. The maximum atomic E-state index is 11.9. The molecule has 0 spiro atoms. The van der Waals surface area contributed by atoms with E-state index < -0.39 is 10.0 Å². The fourth-order valence-electron chi connectivity index (χ4n) is 1.21. The van der Waals surface area contributed by atoms with Gasteiger partial charge in [0.2, 0.25) is 10.0 Å². The summed E-state index contributed by atoms with van der Waals surface area (Å²) in [5, 5.41) is 0. The molecular weight excluding hydrogens is 318 g/mol. The Morgan fingerprint density at radius 1 is 1.50 bits per heavy atom. The highest BCUT2D eigenvalue weighted by Gasteiger charge is 2.12. The summed E-state index contributed by atoms with van der Waals surface area (Å²) in [6.07, 6.45) is 0. The Kier molecular flexibility index (Phi) is 6.01. The topological polar surface area (TPSA) is 55.4 Å². The molecular formula is C12H16BrNO3S. The molecule has 100 valence electrons. The van der Waals surface area contributed by atoms with Crippen LogP contribution in [0.3, 0.4) is 0 Å². The van der Waals surface area contributed by atoms with Gasteiger partial charge in [-0.2, -0.15) is 0 Å². The number of hydrogen-bond acceptors (Lipinski definition) is 3. The lowest BCUT2D eigenvalue weighted by molar-refractivity contribution is 0.162. The van der Waals surface area contributed by atoms with Crippen molar-refractivity contribution in [1.82, 2.24) is 4.72 Å². The van der Waals surface area contributed by atoms with E-state index in [4.69, 9.17) is 4.74 Å². The fourth-order valence-corrected chi connectivity index (χ4v) is 2.82. The number of sulfonamides is 1. The molecule has 0 radical (unpaired) electrons. The van der Waals surface area contributed by atoms with Crippen LogP contribution in [0.1, 0.15) is 6.92 Å². The summed E-state index contributed by atoms with van der Waals surface area (Å²) in [5.41, 5.74) is 0.907. The van der Waals surface area contributed by atoms with Gasteiger partial charge >= 0.3 is 0 Å². The third kappa shape index (κ3) is 5.30. The first-order valence-electron chi connectivity index (χ1n) is 5.39. The van der Waals surface area contributed by atoms with Crippen molar-refractivity contribution in [3.8, 4) is 0 Å². The normalized spacial score (nSPS) is 11.4. The first kappa shape index (κ1) is 15.4. The van der Waals surface area contributed by atoms with E-state index in [0.29, 0.717) is 13.2 Å². The smallest absolute Gasteiger partial charge is 0.240 e. The number of hydrogen-bond donors (Lipinski definition) is 1. The van der Waals surface area contributed by atoms with Gasteiger partial charge in [0.15, 0.2) is 0 Å². The van der Waals surface area contributed by atoms with Gasteiger partial charge in [0.1, 0.15) is 0 Å². The van der Waals surface area contributed by atoms with Gasteiger partial charge in [0.25, 0.3) is 0 Å². The number of benzene rings is 1. The van der Waals surface area contributed by atoms with E-state index in [0.717, 1.165) is 10.0 Å². The molecule has 0 heterocycles. The van der Waals surface area contributed by atoms with Gasteiger partial charge in [-0.25, -0.2) is 13.1 Å². The lowest BCUT2D eigenvalue weighted by Gasteiger charge is -2.07. The van der Waals surface area contributed by atoms with Crippen LogP contribution in [0.15, 0.2) is 45.8 Å². The lowest BCUT2D eigenvalue weighted by Crippen LogP contribution is -2.27. The molecule has 1 aromatic rings. The van der Waals surface area contributed by atoms with Crippen LogP contribution in [0.5, 0.6) is 0 Å².